The molecule has 0 aromatic carbocycles. The lowest BCUT2D eigenvalue weighted by atomic mass is 9.98. The monoisotopic (exact) mass is 291 g/mol. The van der Waals surface area contributed by atoms with Gasteiger partial charge in [-0.15, -0.1) is 0 Å². The normalized spacial score (nSPS) is 32.4. The number of ether oxygens (including phenoxy) is 1. The Labute approximate surface area is 118 Å². The van der Waals surface area contributed by atoms with Crippen molar-refractivity contribution in [2.45, 2.75) is 24.0 Å². The number of nitriles is 1. The summed E-state index contributed by atoms with van der Waals surface area (Å²) >= 11 is 0. The van der Waals surface area contributed by atoms with Crippen LogP contribution in [0.25, 0.3) is 11.0 Å². The number of nitrogens with two attached hydrogens (primary N) is 1. The van der Waals surface area contributed by atoms with Gasteiger partial charge in [-0.25, -0.2) is 9.97 Å². The molecular formula is C12H13N5O4. The number of nitrogen functional groups attached to an aromatic ring is 1. The van der Waals surface area contributed by atoms with Crippen molar-refractivity contribution in [1.29, 1.82) is 5.26 Å². The van der Waals surface area contributed by atoms with Crippen molar-refractivity contribution in [3.05, 3.63) is 18.6 Å². The summed E-state index contributed by atoms with van der Waals surface area (Å²) in [5.41, 5.74) is 4.24. The summed E-state index contributed by atoms with van der Waals surface area (Å²) in [6, 6.07) is 3.34. The minimum Gasteiger partial charge on any atom is -0.392 e. The molecule has 0 bridgehead atoms. The molecule has 1 aliphatic rings. The molecule has 9 heteroatoms. The van der Waals surface area contributed by atoms with E-state index in [0.717, 1.165) is 0 Å². The zero-order valence-corrected chi connectivity index (χ0v) is 10.8. The smallest absolute Gasteiger partial charge is 0.207 e. The highest BCUT2D eigenvalue weighted by Crippen LogP contribution is 2.38. The van der Waals surface area contributed by atoms with Gasteiger partial charge in [-0.2, -0.15) is 5.26 Å². The third-order valence-electron chi connectivity index (χ3n) is 3.66. The van der Waals surface area contributed by atoms with Gasteiger partial charge >= 0.3 is 0 Å². The van der Waals surface area contributed by atoms with Gasteiger partial charge in [0.1, 0.15) is 36.1 Å². The Morgan fingerprint density at radius 3 is 2.86 bits per heavy atom. The highest BCUT2D eigenvalue weighted by atomic mass is 16.6. The van der Waals surface area contributed by atoms with Crippen LogP contribution in [0.15, 0.2) is 18.6 Å². The number of hydrogen-bond acceptors (Lipinski definition) is 8. The predicted molar refractivity (Wildman–Crippen MR) is 69.5 cm³/mol. The van der Waals surface area contributed by atoms with E-state index in [1.54, 1.807) is 18.3 Å². The SMILES string of the molecule is N#CC1(CO)O[C@@H](n2ccc3c(N)ncnc32)[C@H](O)[C@@H]1O. The first-order chi connectivity index (χ1) is 10.0. The molecule has 2 aromatic rings. The number of aliphatic hydroxyl groups excluding tert-OH is 3. The Morgan fingerprint density at radius 2 is 2.24 bits per heavy atom. The van der Waals surface area contributed by atoms with Crippen LogP contribution in [-0.4, -0.2) is 54.3 Å². The van der Waals surface area contributed by atoms with Crippen LogP contribution in [0, 0.1) is 11.3 Å². The van der Waals surface area contributed by atoms with Crippen molar-refractivity contribution in [2.75, 3.05) is 12.3 Å². The molecule has 0 amide bonds. The van der Waals surface area contributed by atoms with Crippen LogP contribution in [-0.2, 0) is 4.74 Å². The van der Waals surface area contributed by atoms with Gasteiger partial charge in [0.2, 0.25) is 5.60 Å². The molecule has 1 aliphatic heterocycles. The number of nitrogens with zero attached hydrogens (tertiary/aromatic N) is 4. The second kappa shape index (κ2) is 4.64. The Bertz CT molecular complexity index is 726. The first-order valence-corrected chi connectivity index (χ1v) is 6.17. The fourth-order valence-corrected chi connectivity index (χ4v) is 2.46. The second-order valence-corrected chi connectivity index (χ2v) is 4.82. The molecule has 1 unspecified atom stereocenters. The Hall–Kier alpha value is -2.25. The van der Waals surface area contributed by atoms with Gasteiger partial charge in [-0.1, -0.05) is 0 Å². The fourth-order valence-electron chi connectivity index (χ4n) is 2.46. The summed E-state index contributed by atoms with van der Waals surface area (Å²) in [4.78, 5) is 7.91. The van der Waals surface area contributed by atoms with Crippen LogP contribution in [0.4, 0.5) is 5.82 Å². The average molecular weight is 291 g/mol. The van der Waals surface area contributed by atoms with E-state index in [1.165, 1.54) is 10.9 Å². The summed E-state index contributed by atoms with van der Waals surface area (Å²) in [5.74, 6) is 0.264. The number of rotatable bonds is 2. The molecule has 0 radical (unpaired) electrons. The Kier molecular flexibility index (Phi) is 3.03. The van der Waals surface area contributed by atoms with Crippen molar-refractivity contribution in [3.63, 3.8) is 0 Å². The number of fused-ring (bicyclic) bond motifs is 1. The van der Waals surface area contributed by atoms with Crippen LogP contribution in [0.5, 0.6) is 0 Å². The van der Waals surface area contributed by atoms with Gasteiger partial charge in [0.25, 0.3) is 0 Å². The summed E-state index contributed by atoms with van der Waals surface area (Å²) in [5, 5.41) is 39.1. The van der Waals surface area contributed by atoms with Crippen LogP contribution in [0.3, 0.4) is 0 Å². The summed E-state index contributed by atoms with van der Waals surface area (Å²) < 4.78 is 6.86. The van der Waals surface area contributed by atoms with Gasteiger partial charge in [0, 0.05) is 6.20 Å². The maximum Gasteiger partial charge on any atom is 0.207 e. The molecule has 1 saturated heterocycles. The van der Waals surface area contributed by atoms with Crippen LogP contribution >= 0.6 is 0 Å². The first kappa shape index (κ1) is 13.7. The Morgan fingerprint density at radius 1 is 1.48 bits per heavy atom. The third-order valence-corrected chi connectivity index (χ3v) is 3.66. The Balaban J connectivity index is 2.08. The van der Waals surface area contributed by atoms with E-state index in [0.29, 0.717) is 11.0 Å². The summed E-state index contributed by atoms with van der Waals surface area (Å²) in [6.45, 7) is -0.742. The standard InChI is InChI=1S/C12H13N5O4/c13-3-12(4-18)8(20)7(19)11(21-12)17-2-1-6-9(14)15-5-16-10(6)17/h1-2,5,7-8,11,18-20H,4H2,(H2,14,15,16)/t7-,8+,11-,12?/m1/s1. The molecule has 0 spiro atoms. The zero-order chi connectivity index (χ0) is 15.2. The van der Waals surface area contributed by atoms with Crippen molar-refractivity contribution < 1.29 is 20.1 Å². The molecule has 3 heterocycles. The highest BCUT2D eigenvalue weighted by molar-refractivity contribution is 5.86. The fraction of sp³-hybridized carbons (Fsp3) is 0.417. The average Bonchev–Trinajstić information content (AvgIpc) is 3.02. The number of aliphatic hydroxyl groups is 3. The molecule has 4 atom stereocenters. The molecule has 0 aliphatic carbocycles. The van der Waals surface area contributed by atoms with Crippen LogP contribution in [0.1, 0.15) is 6.23 Å². The molecule has 9 nitrogen and oxygen atoms in total. The molecule has 3 rings (SSSR count). The van der Waals surface area contributed by atoms with E-state index in [-0.39, 0.29) is 5.82 Å². The molecular weight excluding hydrogens is 278 g/mol. The number of aromatic nitrogens is 3. The first-order valence-electron chi connectivity index (χ1n) is 6.17. The van der Waals surface area contributed by atoms with E-state index in [9.17, 15) is 15.3 Å². The van der Waals surface area contributed by atoms with Crippen molar-refractivity contribution in [1.82, 2.24) is 14.5 Å². The van der Waals surface area contributed by atoms with Crippen molar-refractivity contribution in [2.24, 2.45) is 0 Å². The summed E-state index contributed by atoms with van der Waals surface area (Å²) in [6.07, 6.45) is -1.20. The maximum absolute atomic E-state index is 10.1. The lowest BCUT2D eigenvalue weighted by molar-refractivity contribution is -0.0921. The van der Waals surface area contributed by atoms with Gasteiger partial charge in [0.15, 0.2) is 6.23 Å². The van der Waals surface area contributed by atoms with Gasteiger partial charge in [-0.05, 0) is 6.07 Å². The molecule has 2 aromatic heterocycles. The van der Waals surface area contributed by atoms with Crippen LogP contribution in [0.2, 0.25) is 0 Å². The second-order valence-electron chi connectivity index (χ2n) is 4.82. The van der Waals surface area contributed by atoms with E-state index in [4.69, 9.17) is 15.7 Å². The van der Waals surface area contributed by atoms with E-state index in [2.05, 4.69) is 9.97 Å². The molecule has 0 saturated carbocycles. The van der Waals surface area contributed by atoms with Crippen molar-refractivity contribution in [3.8, 4) is 6.07 Å². The lowest BCUT2D eigenvalue weighted by Crippen LogP contribution is -2.44. The van der Waals surface area contributed by atoms with Gasteiger partial charge in [-0.3, -0.25) is 0 Å². The minimum absolute atomic E-state index is 0.264. The molecule has 1 fully saturated rings. The topological polar surface area (TPSA) is 150 Å². The molecule has 5 N–H and O–H groups in total. The van der Waals surface area contributed by atoms with Gasteiger partial charge < -0.3 is 30.4 Å². The van der Waals surface area contributed by atoms with E-state index in [1.807, 2.05) is 0 Å². The molecule has 110 valence electrons. The quantitative estimate of drug-likeness (QED) is 0.523. The van der Waals surface area contributed by atoms with E-state index < -0.39 is 30.6 Å². The largest absolute Gasteiger partial charge is 0.392 e. The van der Waals surface area contributed by atoms with Crippen molar-refractivity contribution >= 4 is 16.9 Å². The summed E-state index contributed by atoms with van der Waals surface area (Å²) in [7, 11) is 0. The third kappa shape index (κ3) is 1.78. The number of hydrogen-bond donors (Lipinski definition) is 4. The maximum atomic E-state index is 10.1. The number of anilines is 1. The lowest BCUT2D eigenvalue weighted by Gasteiger charge is -2.21. The minimum atomic E-state index is -1.88. The highest BCUT2D eigenvalue weighted by Gasteiger charge is 2.55. The van der Waals surface area contributed by atoms with Crippen LogP contribution < -0.4 is 5.73 Å². The van der Waals surface area contributed by atoms with E-state index >= 15 is 0 Å². The predicted octanol–water partition coefficient (Wildman–Crippen LogP) is -1.48. The molecule has 21 heavy (non-hydrogen) atoms. The van der Waals surface area contributed by atoms with Gasteiger partial charge in [0.05, 0.1) is 12.0 Å². The zero-order valence-electron chi connectivity index (χ0n) is 10.8.